The number of fused-ring (bicyclic) bond motifs is 2. The Morgan fingerprint density at radius 1 is 1.27 bits per heavy atom. The van der Waals surface area contributed by atoms with E-state index < -0.39 is 0 Å². The molecule has 0 saturated carbocycles. The monoisotopic (exact) mass is 346 g/mol. The molecule has 1 aliphatic rings. The molecule has 4 heterocycles. The van der Waals surface area contributed by atoms with E-state index in [1.54, 1.807) is 0 Å². The molecule has 1 saturated heterocycles. The highest BCUT2D eigenvalue weighted by Crippen LogP contribution is 2.32. The molecule has 26 heavy (non-hydrogen) atoms. The van der Waals surface area contributed by atoms with Crippen molar-refractivity contribution in [3.05, 3.63) is 53.9 Å². The lowest BCUT2D eigenvalue weighted by atomic mass is 9.90. The molecule has 1 aromatic carbocycles. The highest BCUT2D eigenvalue weighted by atomic mass is 15.4. The number of likely N-dealkylation sites (tertiary alicyclic amines) is 1. The zero-order valence-electron chi connectivity index (χ0n) is 14.9. The van der Waals surface area contributed by atoms with Crippen molar-refractivity contribution in [1.29, 1.82) is 0 Å². The predicted octanol–water partition coefficient (Wildman–Crippen LogP) is 3.22. The van der Waals surface area contributed by atoms with Gasteiger partial charge in [0.15, 0.2) is 0 Å². The molecule has 1 fully saturated rings. The predicted molar refractivity (Wildman–Crippen MR) is 102 cm³/mol. The number of hydrogen-bond acceptors (Lipinski definition) is 4. The van der Waals surface area contributed by atoms with E-state index in [2.05, 4.69) is 55.6 Å². The van der Waals surface area contributed by atoms with Gasteiger partial charge in [-0.15, -0.1) is 5.10 Å². The maximum absolute atomic E-state index is 4.43. The van der Waals surface area contributed by atoms with Crippen LogP contribution in [0.15, 0.2) is 42.7 Å². The zero-order chi connectivity index (χ0) is 17.5. The molecule has 1 aliphatic heterocycles. The molecule has 1 unspecified atom stereocenters. The first-order valence-corrected chi connectivity index (χ1v) is 9.20. The van der Waals surface area contributed by atoms with Gasteiger partial charge in [-0.2, -0.15) is 0 Å². The number of rotatable bonds is 3. The molecule has 1 atom stereocenters. The van der Waals surface area contributed by atoms with Gasteiger partial charge in [-0.3, -0.25) is 4.90 Å². The van der Waals surface area contributed by atoms with E-state index in [0.29, 0.717) is 5.92 Å². The van der Waals surface area contributed by atoms with Crippen LogP contribution in [0.2, 0.25) is 0 Å². The van der Waals surface area contributed by atoms with Gasteiger partial charge in [0.1, 0.15) is 11.2 Å². The first kappa shape index (κ1) is 15.5. The van der Waals surface area contributed by atoms with E-state index in [-0.39, 0.29) is 0 Å². The van der Waals surface area contributed by atoms with E-state index in [4.69, 9.17) is 0 Å². The molecule has 132 valence electrons. The largest absolute Gasteiger partial charge is 0.346 e. The molecule has 6 heteroatoms. The number of aromatic amines is 1. The van der Waals surface area contributed by atoms with Gasteiger partial charge in [0.25, 0.3) is 0 Å². The number of piperidine rings is 1. The quantitative estimate of drug-likeness (QED) is 0.619. The number of aromatic nitrogens is 5. The van der Waals surface area contributed by atoms with Gasteiger partial charge in [-0.05, 0) is 60.7 Å². The summed E-state index contributed by atoms with van der Waals surface area (Å²) in [7, 11) is 1.93. The number of benzene rings is 1. The van der Waals surface area contributed by atoms with Crippen LogP contribution in [0.4, 0.5) is 0 Å². The van der Waals surface area contributed by atoms with Crippen molar-refractivity contribution in [1.82, 2.24) is 29.9 Å². The van der Waals surface area contributed by atoms with E-state index in [9.17, 15) is 0 Å². The summed E-state index contributed by atoms with van der Waals surface area (Å²) in [5.74, 6) is 0.557. The molecule has 0 amide bonds. The van der Waals surface area contributed by atoms with Gasteiger partial charge in [0.2, 0.25) is 0 Å². The Bertz CT molecular complexity index is 1060. The second-order valence-corrected chi connectivity index (χ2v) is 7.25. The minimum absolute atomic E-state index is 0.557. The summed E-state index contributed by atoms with van der Waals surface area (Å²) < 4.78 is 1.82. The number of hydrogen-bond donors (Lipinski definition) is 1. The van der Waals surface area contributed by atoms with E-state index >= 15 is 0 Å². The standard InChI is InChI=1S/C20H22N6/c1-25-19-7-6-14(10-18(19)23-24-25)12-26-9-3-4-15(13-26)17-11-22-20-16(17)5-2-8-21-20/h2,5-8,10-11,15H,3-4,9,12-13H2,1H3,(H,21,22). The fourth-order valence-electron chi connectivity index (χ4n) is 4.21. The maximum Gasteiger partial charge on any atom is 0.137 e. The summed E-state index contributed by atoms with van der Waals surface area (Å²) in [6.45, 7) is 3.19. The molecule has 0 radical (unpaired) electrons. The van der Waals surface area contributed by atoms with Crippen LogP contribution in [0.1, 0.15) is 29.9 Å². The highest BCUT2D eigenvalue weighted by molar-refractivity contribution is 5.80. The van der Waals surface area contributed by atoms with Crippen LogP contribution in [-0.2, 0) is 13.6 Å². The average molecular weight is 346 g/mol. The van der Waals surface area contributed by atoms with Gasteiger partial charge in [0.05, 0.1) is 5.52 Å². The van der Waals surface area contributed by atoms with E-state index in [1.165, 1.54) is 29.4 Å². The van der Waals surface area contributed by atoms with Gasteiger partial charge < -0.3 is 4.98 Å². The van der Waals surface area contributed by atoms with Crippen LogP contribution >= 0.6 is 0 Å². The van der Waals surface area contributed by atoms with Crippen LogP contribution in [-0.4, -0.2) is 43.0 Å². The summed E-state index contributed by atoms with van der Waals surface area (Å²) in [5.41, 5.74) is 5.76. The van der Waals surface area contributed by atoms with Crippen LogP contribution < -0.4 is 0 Å². The maximum atomic E-state index is 4.43. The summed E-state index contributed by atoms with van der Waals surface area (Å²) >= 11 is 0. The van der Waals surface area contributed by atoms with Crippen molar-refractivity contribution >= 4 is 22.1 Å². The van der Waals surface area contributed by atoms with Crippen molar-refractivity contribution in [3.63, 3.8) is 0 Å². The minimum Gasteiger partial charge on any atom is -0.346 e. The Morgan fingerprint density at radius 3 is 3.19 bits per heavy atom. The fourth-order valence-corrected chi connectivity index (χ4v) is 4.21. The Kier molecular flexibility index (Phi) is 3.71. The highest BCUT2D eigenvalue weighted by Gasteiger charge is 2.23. The molecule has 0 bridgehead atoms. The topological polar surface area (TPSA) is 62.6 Å². The number of H-pyrrole nitrogens is 1. The Balaban J connectivity index is 1.36. The number of pyridine rings is 1. The minimum atomic E-state index is 0.557. The third kappa shape index (κ3) is 2.66. The second-order valence-electron chi connectivity index (χ2n) is 7.25. The third-order valence-electron chi connectivity index (χ3n) is 5.51. The SMILES string of the molecule is Cn1nnc2cc(CN3CCCC(c4c[nH]c5ncccc45)C3)ccc21. The molecule has 0 aliphatic carbocycles. The normalized spacial score (nSPS) is 18.7. The van der Waals surface area contributed by atoms with Crippen molar-refractivity contribution in [2.75, 3.05) is 13.1 Å². The molecule has 3 aromatic heterocycles. The van der Waals surface area contributed by atoms with E-state index in [0.717, 1.165) is 36.3 Å². The average Bonchev–Trinajstić information content (AvgIpc) is 3.26. The van der Waals surface area contributed by atoms with E-state index in [1.807, 2.05) is 24.0 Å². The van der Waals surface area contributed by atoms with Gasteiger partial charge in [-0.25, -0.2) is 9.67 Å². The molecular weight excluding hydrogens is 324 g/mol. The Morgan fingerprint density at radius 2 is 2.23 bits per heavy atom. The van der Waals surface area contributed by atoms with Crippen LogP contribution in [0, 0.1) is 0 Å². The fraction of sp³-hybridized carbons (Fsp3) is 0.350. The zero-order valence-corrected chi connectivity index (χ0v) is 14.9. The van der Waals surface area contributed by atoms with Gasteiger partial charge in [0, 0.05) is 37.9 Å². The van der Waals surface area contributed by atoms with Crippen molar-refractivity contribution < 1.29 is 0 Å². The second kappa shape index (κ2) is 6.21. The molecule has 6 nitrogen and oxygen atoms in total. The number of nitrogens with zero attached hydrogens (tertiary/aromatic N) is 5. The molecule has 5 rings (SSSR count). The first-order valence-electron chi connectivity index (χ1n) is 9.20. The lowest BCUT2D eigenvalue weighted by Gasteiger charge is -2.32. The number of aryl methyl sites for hydroxylation is 1. The van der Waals surface area contributed by atoms with Crippen LogP contribution in [0.25, 0.3) is 22.1 Å². The Hall–Kier alpha value is -2.73. The summed E-state index contributed by atoms with van der Waals surface area (Å²) in [6.07, 6.45) is 6.46. The lowest BCUT2D eigenvalue weighted by molar-refractivity contribution is 0.201. The van der Waals surface area contributed by atoms with Gasteiger partial charge >= 0.3 is 0 Å². The van der Waals surface area contributed by atoms with Gasteiger partial charge in [-0.1, -0.05) is 11.3 Å². The summed E-state index contributed by atoms with van der Waals surface area (Å²) in [5, 5.41) is 9.61. The van der Waals surface area contributed by atoms with Crippen LogP contribution in [0.3, 0.4) is 0 Å². The molecular formula is C20H22N6. The lowest BCUT2D eigenvalue weighted by Crippen LogP contribution is -2.33. The van der Waals surface area contributed by atoms with Crippen molar-refractivity contribution in [2.24, 2.45) is 7.05 Å². The van der Waals surface area contributed by atoms with Crippen molar-refractivity contribution in [2.45, 2.75) is 25.3 Å². The molecule has 0 spiro atoms. The Labute approximate surface area is 151 Å². The smallest absolute Gasteiger partial charge is 0.137 e. The number of nitrogens with one attached hydrogen (secondary N) is 1. The molecule has 4 aromatic rings. The first-order chi connectivity index (χ1) is 12.8. The molecule has 1 N–H and O–H groups in total. The van der Waals surface area contributed by atoms with Crippen LogP contribution in [0.5, 0.6) is 0 Å². The van der Waals surface area contributed by atoms with Crippen molar-refractivity contribution in [3.8, 4) is 0 Å². The summed E-state index contributed by atoms with van der Waals surface area (Å²) in [4.78, 5) is 10.3. The third-order valence-corrected chi connectivity index (χ3v) is 5.51. The summed E-state index contributed by atoms with van der Waals surface area (Å²) in [6, 6.07) is 10.7.